The van der Waals surface area contributed by atoms with E-state index in [9.17, 15) is 0 Å². The van der Waals surface area contributed by atoms with Crippen LogP contribution in [0.1, 0.15) is 12.0 Å². The van der Waals surface area contributed by atoms with E-state index in [-0.39, 0.29) is 0 Å². The van der Waals surface area contributed by atoms with Crippen molar-refractivity contribution in [3.63, 3.8) is 0 Å². The number of hydrogen-bond donors (Lipinski definition) is 1. The molecule has 1 saturated heterocycles. The van der Waals surface area contributed by atoms with E-state index >= 15 is 0 Å². The maximum atomic E-state index is 5.88. The molecule has 0 aliphatic carbocycles. The third kappa shape index (κ3) is 3.37. The van der Waals surface area contributed by atoms with Gasteiger partial charge in [0, 0.05) is 12.5 Å². The van der Waals surface area contributed by atoms with Crippen molar-refractivity contribution in [2.75, 3.05) is 33.5 Å². The van der Waals surface area contributed by atoms with Crippen molar-refractivity contribution in [1.82, 2.24) is 0 Å². The summed E-state index contributed by atoms with van der Waals surface area (Å²) >= 11 is 0. The van der Waals surface area contributed by atoms with E-state index in [1.807, 2.05) is 18.2 Å². The molecule has 2 N–H and O–H groups in total. The molecule has 4 nitrogen and oxygen atoms in total. The molecule has 1 aromatic carbocycles. The first kappa shape index (κ1) is 13.2. The van der Waals surface area contributed by atoms with E-state index in [0.717, 1.165) is 43.1 Å². The van der Waals surface area contributed by atoms with Gasteiger partial charge in [-0.05, 0) is 43.1 Å². The van der Waals surface area contributed by atoms with Crippen LogP contribution in [-0.4, -0.2) is 33.5 Å². The third-order valence-electron chi connectivity index (χ3n) is 3.18. The number of hydrogen-bond acceptors (Lipinski definition) is 4. The summed E-state index contributed by atoms with van der Waals surface area (Å²) in [6.45, 7) is 2.98. The van der Waals surface area contributed by atoms with Crippen LogP contribution in [0.15, 0.2) is 18.2 Å². The van der Waals surface area contributed by atoms with Gasteiger partial charge < -0.3 is 19.9 Å². The van der Waals surface area contributed by atoms with Gasteiger partial charge in [-0.2, -0.15) is 0 Å². The molecule has 0 amide bonds. The molecule has 4 heteroatoms. The summed E-state index contributed by atoms with van der Waals surface area (Å²) in [6.07, 6.45) is 1.88. The van der Waals surface area contributed by atoms with Crippen molar-refractivity contribution < 1.29 is 14.2 Å². The van der Waals surface area contributed by atoms with Gasteiger partial charge in [-0.3, -0.25) is 0 Å². The Bertz CT molecular complexity index is 375. The Morgan fingerprint density at radius 1 is 1.44 bits per heavy atom. The lowest BCUT2D eigenvalue weighted by Crippen LogP contribution is -2.13. The molecule has 1 fully saturated rings. The zero-order valence-electron chi connectivity index (χ0n) is 10.9. The van der Waals surface area contributed by atoms with Crippen LogP contribution in [0.4, 0.5) is 0 Å². The fraction of sp³-hybridized carbons (Fsp3) is 0.571. The van der Waals surface area contributed by atoms with Crippen molar-refractivity contribution in [1.29, 1.82) is 0 Å². The summed E-state index contributed by atoms with van der Waals surface area (Å²) in [5.41, 5.74) is 6.73. The van der Waals surface area contributed by atoms with Crippen LogP contribution in [0.25, 0.3) is 0 Å². The summed E-state index contributed by atoms with van der Waals surface area (Å²) in [7, 11) is 1.66. The highest BCUT2D eigenvalue weighted by atomic mass is 16.5. The standard InChI is InChI=1S/C14H21NO3/c1-16-13-2-3-14(12(8-13)4-6-15)18-10-11-5-7-17-9-11/h2-3,8,11H,4-7,9-10,15H2,1H3. The van der Waals surface area contributed by atoms with Crippen LogP contribution in [0, 0.1) is 5.92 Å². The first-order chi connectivity index (χ1) is 8.83. The lowest BCUT2D eigenvalue weighted by atomic mass is 10.1. The molecule has 0 bridgehead atoms. The summed E-state index contributed by atoms with van der Waals surface area (Å²) in [4.78, 5) is 0. The van der Waals surface area contributed by atoms with Gasteiger partial charge in [-0.1, -0.05) is 0 Å². The minimum absolute atomic E-state index is 0.512. The smallest absolute Gasteiger partial charge is 0.122 e. The molecular weight excluding hydrogens is 230 g/mol. The number of rotatable bonds is 6. The summed E-state index contributed by atoms with van der Waals surface area (Å²) in [5.74, 6) is 2.26. The van der Waals surface area contributed by atoms with Gasteiger partial charge in [0.25, 0.3) is 0 Å². The molecule has 0 aromatic heterocycles. The van der Waals surface area contributed by atoms with E-state index in [1.54, 1.807) is 7.11 Å². The third-order valence-corrected chi connectivity index (χ3v) is 3.18. The molecule has 1 heterocycles. The molecule has 0 spiro atoms. The Balaban J connectivity index is 2.00. The molecule has 1 atom stereocenters. The van der Waals surface area contributed by atoms with Crippen LogP contribution >= 0.6 is 0 Å². The van der Waals surface area contributed by atoms with Crippen molar-refractivity contribution >= 4 is 0 Å². The Labute approximate surface area is 108 Å². The van der Waals surface area contributed by atoms with Crippen molar-refractivity contribution in [2.24, 2.45) is 11.7 Å². The summed E-state index contributed by atoms with van der Waals surface area (Å²) in [6, 6.07) is 5.87. The first-order valence-electron chi connectivity index (χ1n) is 6.41. The van der Waals surface area contributed by atoms with Crippen LogP contribution < -0.4 is 15.2 Å². The average molecular weight is 251 g/mol. The zero-order chi connectivity index (χ0) is 12.8. The lowest BCUT2D eigenvalue weighted by Gasteiger charge is -2.14. The minimum Gasteiger partial charge on any atom is -0.497 e. The van der Waals surface area contributed by atoms with Gasteiger partial charge in [-0.15, -0.1) is 0 Å². The lowest BCUT2D eigenvalue weighted by molar-refractivity contribution is 0.166. The molecular formula is C14H21NO3. The topological polar surface area (TPSA) is 53.7 Å². The average Bonchev–Trinajstić information content (AvgIpc) is 2.90. The van der Waals surface area contributed by atoms with E-state index in [2.05, 4.69) is 0 Å². The van der Waals surface area contributed by atoms with Gasteiger partial charge in [0.15, 0.2) is 0 Å². The summed E-state index contributed by atoms with van der Waals surface area (Å²) < 4.78 is 16.4. The molecule has 0 radical (unpaired) electrons. The Hall–Kier alpha value is -1.26. The molecule has 2 rings (SSSR count). The zero-order valence-corrected chi connectivity index (χ0v) is 10.9. The van der Waals surface area contributed by atoms with E-state index < -0.39 is 0 Å². The predicted octanol–water partition coefficient (Wildman–Crippen LogP) is 1.61. The highest BCUT2D eigenvalue weighted by Gasteiger charge is 2.17. The van der Waals surface area contributed by atoms with Crippen LogP contribution in [0.3, 0.4) is 0 Å². The normalized spacial score (nSPS) is 18.9. The molecule has 18 heavy (non-hydrogen) atoms. The second-order valence-corrected chi connectivity index (χ2v) is 4.55. The van der Waals surface area contributed by atoms with E-state index in [1.165, 1.54) is 0 Å². The number of nitrogens with two attached hydrogens (primary N) is 1. The fourth-order valence-electron chi connectivity index (χ4n) is 2.10. The molecule has 0 saturated carbocycles. The van der Waals surface area contributed by atoms with Gasteiger partial charge in [0.1, 0.15) is 11.5 Å². The largest absolute Gasteiger partial charge is 0.497 e. The van der Waals surface area contributed by atoms with Crippen LogP contribution in [0.5, 0.6) is 11.5 Å². The number of benzene rings is 1. The van der Waals surface area contributed by atoms with E-state index in [4.69, 9.17) is 19.9 Å². The SMILES string of the molecule is COc1ccc(OCC2CCOC2)c(CCN)c1. The first-order valence-corrected chi connectivity index (χ1v) is 6.41. The van der Waals surface area contributed by atoms with Crippen LogP contribution in [0.2, 0.25) is 0 Å². The Kier molecular flexibility index (Phi) is 4.84. The van der Waals surface area contributed by atoms with Gasteiger partial charge in [-0.25, -0.2) is 0 Å². The molecule has 100 valence electrons. The fourth-order valence-corrected chi connectivity index (χ4v) is 2.10. The second kappa shape index (κ2) is 6.61. The second-order valence-electron chi connectivity index (χ2n) is 4.55. The highest BCUT2D eigenvalue weighted by molar-refractivity contribution is 5.40. The highest BCUT2D eigenvalue weighted by Crippen LogP contribution is 2.25. The number of methoxy groups -OCH3 is 1. The Morgan fingerprint density at radius 2 is 2.33 bits per heavy atom. The molecule has 1 aromatic rings. The number of ether oxygens (including phenoxy) is 3. The van der Waals surface area contributed by atoms with Gasteiger partial charge in [0.05, 0.1) is 20.3 Å². The molecule has 1 aliphatic rings. The van der Waals surface area contributed by atoms with Crippen molar-refractivity contribution in [2.45, 2.75) is 12.8 Å². The quantitative estimate of drug-likeness (QED) is 0.834. The van der Waals surface area contributed by atoms with Gasteiger partial charge >= 0.3 is 0 Å². The van der Waals surface area contributed by atoms with Crippen molar-refractivity contribution in [3.05, 3.63) is 23.8 Å². The molecule has 1 aliphatic heterocycles. The molecule has 1 unspecified atom stereocenters. The van der Waals surface area contributed by atoms with Crippen LogP contribution in [-0.2, 0) is 11.2 Å². The summed E-state index contributed by atoms with van der Waals surface area (Å²) in [5, 5.41) is 0. The minimum atomic E-state index is 0.512. The maximum Gasteiger partial charge on any atom is 0.122 e. The Morgan fingerprint density at radius 3 is 3.00 bits per heavy atom. The van der Waals surface area contributed by atoms with Gasteiger partial charge in [0.2, 0.25) is 0 Å². The predicted molar refractivity (Wildman–Crippen MR) is 70.2 cm³/mol. The van der Waals surface area contributed by atoms with E-state index in [0.29, 0.717) is 19.1 Å². The van der Waals surface area contributed by atoms with Crippen molar-refractivity contribution in [3.8, 4) is 11.5 Å². The monoisotopic (exact) mass is 251 g/mol. The maximum absolute atomic E-state index is 5.88.